The van der Waals surface area contributed by atoms with E-state index >= 15 is 0 Å². The molecule has 5 nitrogen and oxygen atoms in total. The Hall–Kier alpha value is -2.24. The van der Waals surface area contributed by atoms with Crippen molar-refractivity contribution < 1.29 is 4.79 Å². The first kappa shape index (κ1) is 16.2. The number of imidazole rings is 1. The van der Waals surface area contributed by atoms with Crippen LogP contribution in [0.3, 0.4) is 0 Å². The lowest BCUT2D eigenvalue weighted by Crippen LogP contribution is -2.29. The van der Waals surface area contributed by atoms with Crippen LogP contribution in [0.1, 0.15) is 11.4 Å². The highest BCUT2D eigenvalue weighted by Gasteiger charge is 2.29. The quantitative estimate of drug-likeness (QED) is 0.724. The lowest BCUT2D eigenvalue weighted by molar-refractivity contribution is 0.214. The van der Waals surface area contributed by atoms with Crippen molar-refractivity contribution >= 4 is 40.3 Å². The molecule has 2 N–H and O–H groups in total. The Labute approximate surface area is 154 Å². The topological polar surface area (TPSA) is 61.0 Å². The standard InChI is InChI=1S/C18H16Cl2N4O/c19-12-6-5-11(14(20)8-12)7-13-9-24(18(25)21-13)10-17-22-15-3-1-2-4-16(15)23-17/h1-6,8,13H,7,9-10H2,(H,21,25)(H,22,23)/t13-/m0/s1. The van der Waals surface area contributed by atoms with E-state index in [0.717, 1.165) is 22.4 Å². The van der Waals surface area contributed by atoms with E-state index in [-0.39, 0.29) is 12.1 Å². The van der Waals surface area contributed by atoms with E-state index in [1.807, 2.05) is 36.4 Å². The summed E-state index contributed by atoms with van der Waals surface area (Å²) in [6.45, 7) is 1.06. The van der Waals surface area contributed by atoms with Crippen molar-refractivity contribution in [2.75, 3.05) is 6.54 Å². The van der Waals surface area contributed by atoms with Crippen molar-refractivity contribution in [1.82, 2.24) is 20.2 Å². The van der Waals surface area contributed by atoms with Crippen LogP contribution in [-0.4, -0.2) is 33.5 Å². The number of para-hydroxylation sites is 2. The summed E-state index contributed by atoms with van der Waals surface area (Å²) in [4.78, 5) is 21.8. The van der Waals surface area contributed by atoms with Crippen molar-refractivity contribution in [2.24, 2.45) is 0 Å². The first-order valence-corrected chi connectivity index (χ1v) is 8.77. The molecule has 1 aliphatic rings. The Bertz CT molecular complexity index is 907. The number of H-pyrrole nitrogens is 1. The van der Waals surface area contributed by atoms with E-state index in [1.54, 1.807) is 11.0 Å². The van der Waals surface area contributed by atoms with Gasteiger partial charge in [0.2, 0.25) is 0 Å². The van der Waals surface area contributed by atoms with Crippen molar-refractivity contribution in [3.63, 3.8) is 0 Å². The SMILES string of the molecule is O=C1N[C@@H](Cc2ccc(Cl)cc2Cl)CN1Cc1nc2ccccc2[nH]1. The van der Waals surface area contributed by atoms with Gasteiger partial charge in [0.25, 0.3) is 0 Å². The maximum absolute atomic E-state index is 12.3. The van der Waals surface area contributed by atoms with Crippen molar-refractivity contribution in [2.45, 2.75) is 19.0 Å². The number of halogens is 2. The summed E-state index contributed by atoms with van der Waals surface area (Å²) in [6, 6.07) is 13.2. The molecule has 0 bridgehead atoms. The summed E-state index contributed by atoms with van der Waals surface area (Å²) in [5.41, 5.74) is 2.85. The third kappa shape index (κ3) is 3.43. The molecule has 2 amide bonds. The minimum Gasteiger partial charge on any atom is -0.340 e. The Balaban J connectivity index is 1.44. The second-order valence-corrected chi connectivity index (χ2v) is 7.01. The van der Waals surface area contributed by atoms with Gasteiger partial charge in [0.05, 0.1) is 23.6 Å². The molecule has 1 aliphatic heterocycles. The number of benzene rings is 2. The predicted molar refractivity (Wildman–Crippen MR) is 99.0 cm³/mol. The third-order valence-corrected chi connectivity index (χ3v) is 4.90. The number of hydrogen-bond acceptors (Lipinski definition) is 2. The molecule has 1 saturated heterocycles. The lowest BCUT2D eigenvalue weighted by Gasteiger charge is -2.13. The van der Waals surface area contributed by atoms with Crippen LogP contribution in [0.5, 0.6) is 0 Å². The number of carbonyl (C=O) groups is 1. The second kappa shape index (κ2) is 6.58. The van der Waals surface area contributed by atoms with Gasteiger partial charge in [-0.25, -0.2) is 9.78 Å². The number of fused-ring (bicyclic) bond motifs is 1. The number of amides is 2. The monoisotopic (exact) mass is 374 g/mol. The molecule has 0 unspecified atom stereocenters. The van der Waals surface area contributed by atoms with E-state index < -0.39 is 0 Å². The van der Waals surface area contributed by atoms with Gasteiger partial charge in [-0.15, -0.1) is 0 Å². The first-order valence-electron chi connectivity index (χ1n) is 8.01. The molecular formula is C18H16Cl2N4O. The van der Waals surface area contributed by atoms with Crippen molar-refractivity contribution in [3.8, 4) is 0 Å². The summed E-state index contributed by atoms with van der Waals surface area (Å²) >= 11 is 12.2. The maximum Gasteiger partial charge on any atom is 0.318 e. The molecule has 1 atom stereocenters. The molecule has 1 fully saturated rings. The molecular weight excluding hydrogens is 359 g/mol. The van der Waals surface area contributed by atoms with E-state index in [1.165, 1.54) is 0 Å². The zero-order valence-electron chi connectivity index (χ0n) is 13.3. The van der Waals surface area contributed by atoms with Crippen LogP contribution in [0.15, 0.2) is 42.5 Å². The molecule has 128 valence electrons. The van der Waals surface area contributed by atoms with Crippen LogP contribution in [-0.2, 0) is 13.0 Å². The van der Waals surface area contributed by atoms with E-state index in [4.69, 9.17) is 23.2 Å². The normalized spacial score (nSPS) is 17.3. The molecule has 1 aromatic heterocycles. The zero-order valence-corrected chi connectivity index (χ0v) is 14.8. The Morgan fingerprint density at radius 1 is 1.20 bits per heavy atom. The average Bonchev–Trinajstić information content (AvgIpc) is 3.13. The number of carbonyl (C=O) groups excluding carboxylic acids is 1. The number of nitrogens with one attached hydrogen (secondary N) is 2. The summed E-state index contributed by atoms with van der Waals surface area (Å²) in [5, 5.41) is 4.23. The fraction of sp³-hybridized carbons (Fsp3) is 0.222. The minimum atomic E-state index is -0.0875. The minimum absolute atomic E-state index is 0.00977. The fourth-order valence-corrected chi connectivity index (χ4v) is 3.61. The van der Waals surface area contributed by atoms with Gasteiger partial charge in [-0.3, -0.25) is 0 Å². The van der Waals surface area contributed by atoms with E-state index in [2.05, 4.69) is 15.3 Å². The molecule has 25 heavy (non-hydrogen) atoms. The van der Waals surface area contributed by atoms with Gasteiger partial charge in [-0.2, -0.15) is 0 Å². The summed E-state index contributed by atoms with van der Waals surface area (Å²) < 4.78 is 0. The van der Waals surface area contributed by atoms with Gasteiger partial charge >= 0.3 is 6.03 Å². The van der Waals surface area contributed by atoms with E-state index in [0.29, 0.717) is 29.6 Å². The zero-order chi connectivity index (χ0) is 17.4. The van der Waals surface area contributed by atoms with Gasteiger partial charge in [0, 0.05) is 16.6 Å². The molecule has 4 rings (SSSR count). The van der Waals surface area contributed by atoms with E-state index in [9.17, 15) is 4.79 Å². The van der Waals surface area contributed by atoms with Gasteiger partial charge in [0.15, 0.2) is 0 Å². The first-order chi connectivity index (χ1) is 12.1. The van der Waals surface area contributed by atoms with Gasteiger partial charge in [-0.05, 0) is 36.2 Å². The van der Waals surface area contributed by atoms with Gasteiger partial charge < -0.3 is 15.2 Å². The molecule has 7 heteroatoms. The maximum atomic E-state index is 12.3. The molecule has 0 saturated carbocycles. The number of aromatic nitrogens is 2. The van der Waals surface area contributed by atoms with Crippen LogP contribution < -0.4 is 5.32 Å². The highest BCUT2D eigenvalue weighted by molar-refractivity contribution is 6.35. The number of hydrogen-bond donors (Lipinski definition) is 2. The Kier molecular flexibility index (Phi) is 4.27. The third-order valence-electron chi connectivity index (χ3n) is 4.32. The number of aromatic amines is 1. The largest absolute Gasteiger partial charge is 0.340 e. The average molecular weight is 375 g/mol. The molecule has 3 aromatic rings. The summed E-state index contributed by atoms with van der Waals surface area (Å²) in [5.74, 6) is 0.779. The van der Waals surface area contributed by atoms with Crippen molar-refractivity contribution in [3.05, 3.63) is 63.9 Å². The van der Waals surface area contributed by atoms with Gasteiger partial charge in [-0.1, -0.05) is 41.4 Å². The highest BCUT2D eigenvalue weighted by atomic mass is 35.5. The second-order valence-electron chi connectivity index (χ2n) is 6.17. The Morgan fingerprint density at radius 3 is 2.84 bits per heavy atom. The number of nitrogens with zero attached hydrogens (tertiary/aromatic N) is 2. The lowest BCUT2D eigenvalue weighted by atomic mass is 10.1. The summed E-state index contributed by atoms with van der Waals surface area (Å²) in [6.07, 6.45) is 0.665. The van der Waals surface area contributed by atoms with Crippen molar-refractivity contribution in [1.29, 1.82) is 0 Å². The van der Waals surface area contributed by atoms with Crippen LogP contribution in [0, 0.1) is 0 Å². The molecule has 0 spiro atoms. The molecule has 0 aliphatic carbocycles. The fourth-order valence-electron chi connectivity index (χ4n) is 3.13. The van der Waals surface area contributed by atoms with Crippen LogP contribution in [0.2, 0.25) is 10.0 Å². The Morgan fingerprint density at radius 2 is 2.04 bits per heavy atom. The smallest absolute Gasteiger partial charge is 0.318 e. The predicted octanol–water partition coefficient (Wildman–Crippen LogP) is 4.01. The molecule has 0 radical (unpaired) electrons. The molecule has 2 aromatic carbocycles. The van der Waals surface area contributed by atoms with Crippen LogP contribution >= 0.6 is 23.2 Å². The number of rotatable bonds is 4. The molecule has 2 heterocycles. The number of urea groups is 1. The van der Waals surface area contributed by atoms with Crippen LogP contribution in [0.4, 0.5) is 4.79 Å². The highest BCUT2D eigenvalue weighted by Crippen LogP contribution is 2.23. The van der Waals surface area contributed by atoms with Crippen LogP contribution in [0.25, 0.3) is 11.0 Å². The summed E-state index contributed by atoms with van der Waals surface area (Å²) in [7, 11) is 0. The van der Waals surface area contributed by atoms with Gasteiger partial charge in [0.1, 0.15) is 5.82 Å².